The first-order chi connectivity index (χ1) is 5.43. The van der Waals surface area contributed by atoms with Crippen LogP contribution >= 0.6 is 11.2 Å². The van der Waals surface area contributed by atoms with Crippen LogP contribution in [0.25, 0.3) is 0 Å². The first kappa shape index (κ1) is 9.45. The van der Waals surface area contributed by atoms with Gasteiger partial charge >= 0.3 is 0 Å². The number of hydrogen-bond acceptors (Lipinski definition) is 0. The van der Waals surface area contributed by atoms with E-state index in [0.717, 1.165) is 0 Å². The maximum absolute atomic E-state index is 12.4. The Hall–Kier alpha value is -0.640. The molecule has 0 saturated heterocycles. The molecule has 1 aromatic rings. The van der Waals surface area contributed by atoms with Gasteiger partial charge in [-0.1, -0.05) is 18.2 Å². The van der Waals surface area contributed by atoms with Gasteiger partial charge in [0.2, 0.25) is 11.2 Å². The fraction of sp³-hybridized carbons (Fsp3) is 0.250. The van der Waals surface area contributed by atoms with Gasteiger partial charge in [0.05, 0.1) is 4.90 Å². The monoisotopic (exact) mass is 194 g/mol. The summed E-state index contributed by atoms with van der Waals surface area (Å²) < 4.78 is 37.2. The maximum Gasteiger partial charge on any atom is 0.238 e. The predicted octanol–water partition coefficient (Wildman–Crippen LogP) is 4.12. The second kappa shape index (κ2) is 3.01. The van der Waals surface area contributed by atoms with E-state index in [1.54, 1.807) is 6.07 Å². The highest BCUT2D eigenvalue weighted by Crippen LogP contribution is 2.62. The van der Waals surface area contributed by atoms with Gasteiger partial charge in [-0.25, -0.2) is 0 Å². The lowest BCUT2D eigenvalue weighted by Crippen LogP contribution is -1.89. The molecule has 0 nitrogen and oxygen atoms in total. The molecule has 0 N–H and O–H groups in total. The first-order valence-corrected chi connectivity index (χ1v) is 4.75. The summed E-state index contributed by atoms with van der Waals surface area (Å²) in [4.78, 5) is -0.426. The van der Waals surface area contributed by atoms with Crippen molar-refractivity contribution in [3.8, 4) is 0 Å². The minimum atomic E-state index is -5.06. The van der Waals surface area contributed by atoms with Gasteiger partial charge in [0, 0.05) is 0 Å². The fourth-order valence-corrected chi connectivity index (χ4v) is 2.03. The average Bonchev–Trinajstić information content (AvgIpc) is 1.82. The van der Waals surface area contributed by atoms with E-state index in [1.165, 1.54) is 26.0 Å². The molecule has 1 aromatic carbocycles. The molecule has 1 rings (SSSR count). The van der Waals surface area contributed by atoms with Gasteiger partial charge in [-0.05, 0) is 25.0 Å². The van der Waals surface area contributed by atoms with Crippen LogP contribution in [-0.4, -0.2) is 0 Å². The van der Waals surface area contributed by atoms with Crippen molar-refractivity contribution < 1.29 is 11.7 Å². The van der Waals surface area contributed by atoms with Crippen molar-refractivity contribution in [1.82, 2.24) is 0 Å². The van der Waals surface area contributed by atoms with Crippen LogP contribution in [0.5, 0.6) is 0 Å². The van der Waals surface area contributed by atoms with E-state index in [9.17, 15) is 11.7 Å². The molecule has 0 aromatic heterocycles. The van der Waals surface area contributed by atoms with Gasteiger partial charge in [-0.2, -0.15) is 0 Å². The number of benzene rings is 1. The van der Waals surface area contributed by atoms with E-state index >= 15 is 0 Å². The molecule has 0 spiro atoms. The van der Waals surface area contributed by atoms with Crippen molar-refractivity contribution >= 4 is 11.2 Å². The van der Waals surface area contributed by atoms with Crippen molar-refractivity contribution in [2.24, 2.45) is 0 Å². The van der Waals surface area contributed by atoms with Crippen LogP contribution in [0, 0.1) is 13.8 Å². The van der Waals surface area contributed by atoms with Crippen LogP contribution in [-0.2, 0) is 0 Å². The molecule has 0 atom stereocenters. The van der Waals surface area contributed by atoms with Crippen LogP contribution in [0.15, 0.2) is 23.1 Å². The second-order valence-electron chi connectivity index (χ2n) is 2.63. The third-order valence-electron chi connectivity index (χ3n) is 1.64. The number of hydrogen-bond donors (Lipinski definition) is 0. The van der Waals surface area contributed by atoms with Crippen molar-refractivity contribution in [2.75, 3.05) is 0 Å². The SMILES string of the molecule is Cc1cccc(C)c1S(F)(F)F. The summed E-state index contributed by atoms with van der Waals surface area (Å²) in [6.45, 7) is 2.98. The topological polar surface area (TPSA) is 0 Å². The molecule has 0 aliphatic rings. The van der Waals surface area contributed by atoms with E-state index in [-0.39, 0.29) is 0 Å². The Kier molecular flexibility index (Phi) is 2.37. The van der Waals surface area contributed by atoms with Gasteiger partial charge in [0.15, 0.2) is 0 Å². The van der Waals surface area contributed by atoms with E-state index in [2.05, 4.69) is 0 Å². The standard InChI is InChI=1S/C8H9F3S/c1-6-4-3-5-7(2)8(6)12(9,10)11/h3-5H,1-2H3. The molecule has 0 fully saturated rings. The summed E-state index contributed by atoms with van der Waals surface area (Å²) in [6.07, 6.45) is 0. The fourth-order valence-electron chi connectivity index (χ4n) is 1.16. The molecule has 4 heteroatoms. The molecule has 0 aliphatic heterocycles. The van der Waals surface area contributed by atoms with E-state index in [0.29, 0.717) is 11.1 Å². The molecule has 0 amide bonds. The van der Waals surface area contributed by atoms with Crippen LogP contribution in [0.3, 0.4) is 0 Å². The molecular weight excluding hydrogens is 185 g/mol. The maximum atomic E-state index is 12.4. The summed E-state index contributed by atoms with van der Waals surface area (Å²) in [6, 6.07) is 4.62. The lowest BCUT2D eigenvalue weighted by atomic mass is 10.2. The zero-order chi connectivity index (χ0) is 9.35. The van der Waals surface area contributed by atoms with Crippen molar-refractivity contribution in [2.45, 2.75) is 18.7 Å². The normalized spacial score (nSPS) is 13.1. The lowest BCUT2D eigenvalue weighted by Gasteiger charge is -2.15. The van der Waals surface area contributed by atoms with Gasteiger partial charge in [0.1, 0.15) is 0 Å². The summed E-state index contributed by atoms with van der Waals surface area (Å²) in [5.41, 5.74) is 0.634. The quantitative estimate of drug-likeness (QED) is 0.630. The smallest absolute Gasteiger partial charge is 0.120 e. The average molecular weight is 194 g/mol. The first-order valence-electron chi connectivity index (χ1n) is 3.41. The molecule has 12 heavy (non-hydrogen) atoms. The molecule has 68 valence electrons. The summed E-state index contributed by atoms with van der Waals surface area (Å²) in [5, 5.41) is 0. The van der Waals surface area contributed by atoms with Crippen LogP contribution in [0.1, 0.15) is 11.1 Å². The lowest BCUT2D eigenvalue weighted by molar-refractivity contribution is 0.630. The van der Waals surface area contributed by atoms with E-state index in [4.69, 9.17) is 0 Å². The largest absolute Gasteiger partial charge is 0.238 e. The molecule has 0 radical (unpaired) electrons. The molecule has 0 bridgehead atoms. The Morgan fingerprint density at radius 3 is 1.67 bits per heavy atom. The predicted molar refractivity (Wildman–Crippen MR) is 45.1 cm³/mol. The Bertz CT molecular complexity index is 271. The van der Waals surface area contributed by atoms with E-state index in [1.807, 2.05) is 0 Å². The van der Waals surface area contributed by atoms with Gasteiger partial charge in [-0.15, -0.1) is 11.7 Å². The van der Waals surface area contributed by atoms with E-state index < -0.39 is 16.1 Å². The molecule has 0 aliphatic carbocycles. The number of aryl methyl sites for hydroxylation is 2. The Labute approximate surface area is 71.6 Å². The molecule has 0 heterocycles. The summed E-state index contributed by atoms with van der Waals surface area (Å²) in [5.74, 6) is 0. The van der Waals surface area contributed by atoms with Gasteiger partial charge < -0.3 is 0 Å². The van der Waals surface area contributed by atoms with Crippen molar-refractivity contribution in [3.05, 3.63) is 29.3 Å². The highest BCUT2D eigenvalue weighted by atomic mass is 32.3. The number of halogens is 3. The third kappa shape index (κ3) is 1.75. The van der Waals surface area contributed by atoms with Crippen LogP contribution < -0.4 is 0 Å². The molecule has 0 saturated carbocycles. The van der Waals surface area contributed by atoms with Crippen molar-refractivity contribution in [1.29, 1.82) is 0 Å². The highest BCUT2D eigenvalue weighted by Gasteiger charge is 2.27. The second-order valence-corrected chi connectivity index (χ2v) is 3.85. The zero-order valence-corrected chi connectivity index (χ0v) is 7.59. The minimum absolute atomic E-state index is 0.317. The Balaban J connectivity index is 3.31. The summed E-state index contributed by atoms with van der Waals surface area (Å²) in [7, 11) is 0. The third-order valence-corrected chi connectivity index (χ3v) is 2.75. The van der Waals surface area contributed by atoms with Gasteiger partial charge in [-0.3, -0.25) is 0 Å². The Morgan fingerprint density at radius 2 is 1.42 bits per heavy atom. The highest BCUT2D eigenvalue weighted by molar-refractivity contribution is 8.21. The summed E-state index contributed by atoms with van der Waals surface area (Å²) >= 11 is -5.06. The number of rotatable bonds is 1. The zero-order valence-electron chi connectivity index (χ0n) is 6.77. The Morgan fingerprint density at radius 1 is 1.00 bits per heavy atom. The molecular formula is C8H9F3S. The van der Waals surface area contributed by atoms with Gasteiger partial charge in [0.25, 0.3) is 0 Å². The van der Waals surface area contributed by atoms with Crippen LogP contribution in [0.4, 0.5) is 11.7 Å². The molecule has 0 unspecified atom stereocenters. The minimum Gasteiger partial charge on any atom is -0.120 e. The van der Waals surface area contributed by atoms with Crippen LogP contribution in [0.2, 0.25) is 0 Å². The van der Waals surface area contributed by atoms with Crippen molar-refractivity contribution in [3.63, 3.8) is 0 Å².